The van der Waals surface area contributed by atoms with Gasteiger partial charge in [-0.15, -0.1) is 0 Å². The van der Waals surface area contributed by atoms with Gasteiger partial charge in [0, 0.05) is 44.8 Å². The maximum absolute atomic E-state index is 13.5. The Hall–Kier alpha value is -2.56. The minimum Gasteiger partial charge on any atom is -0.345 e. The average Bonchev–Trinajstić information content (AvgIpc) is 3.31. The van der Waals surface area contributed by atoms with Crippen LogP contribution in [0.25, 0.3) is 10.2 Å². The second-order valence-electron chi connectivity index (χ2n) is 9.02. The van der Waals surface area contributed by atoms with Crippen molar-refractivity contribution in [3.05, 3.63) is 53.8 Å². The molecule has 194 valence electrons. The summed E-state index contributed by atoms with van der Waals surface area (Å²) in [5, 5.41) is 0.827. The Morgan fingerprint density at radius 1 is 1.00 bits per heavy atom. The van der Waals surface area contributed by atoms with Crippen LogP contribution in [-0.2, 0) is 10.0 Å². The average molecular weight is 533 g/mol. The Kier molecular flexibility index (Phi) is 8.58. The van der Waals surface area contributed by atoms with Gasteiger partial charge in [0.2, 0.25) is 10.0 Å². The molecular formula is C26H33FN4O3S2. The summed E-state index contributed by atoms with van der Waals surface area (Å²) < 4.78 is 42.2. The van der Waals surface area contributed by atoms with Crippen LogP contribution < -0.4 is 4.90 Å². The van der Waals surface area contributed by atoms with E-state index in [-0.39, 0.29) is 16.6 Å². The molecule has 2 aromatic carbocycles. The number of benzene rings is 2. The number of carbonyl (C=O) groups is 1. The summed E-state index contributed by atoms with van der Waals surface area (Å²) >= 11 is 1.45. The molecule has 1 aliphatic rings. The number of nitrogens with zero attached hydrogens (tertiary/aromatic N) is 4. The molecule has 0 unspecified atom stereocenters. The number of carbonyl (C=O) groups excluding carboxylic acids is 1. The zero-order valence-electron chi connectivity index (χ0n) is 20.8. The molecule has 4 rings (SSSR count). The maximum atomic E-state index is 13.5. The van der Waals surface area contributed by atoms with E-state index in [1.165, 1.54) is 23.5 Å². The van der Waals surface area contributed by atoms with Crippen LogP contribution in [0, 0.1) is 5.82 Å². The fraction of sp³-hybridized carbons (Fsp3) is 0.462. The molecule has 3 aromatic rings. The van der Waals surface area contributed by atoms with Crippen LogP contribution in [0.3, 0.4) is 0 Å². The summed E-state index contributed by atoms with van der Waals surface area (Å²) in [4.78, 5) is 21.8. The van der Waals surface area contributed by atoms with Gasteiger partial charge >= 0.3 is 0 Å². The van der Waals surface area contributed by atoms with Gasteiger partial charge in [-0.05, 0) is 55.3 Å². The third-order valence-corrected chi connectivity index (χ3v) is 9.43. The number of unbranched alkanes of at least 4 members (excludes halogenated alkanes) is 2. The van der Waals surface area contributed by atoms with E-state index in [0.717, 1.165) is 41.0 Å². The van der Waals surface area contributed by atoms with Gasteiger partial charge in [0.1, 0.15) is 5.82 Å². The van der Waals surface area contributed by atoms with Crippen molar-refractivity contribution in [1.82, 2.24) is 14.2 Å². The number of hydrogen-bond donors (Lipinski definition) is 0. The molecule has 1 amide bonds. The summed E-state index contributed by atoms with van der Waals surface area (Å²) in [6.45, 7) is 7.43. The summed E-state index contributed by atoms with van der Waals surface area (Å²) in [5.41, 5.74) is 1.25. The third kappa shape index (κ3) is 5.87. The highest BCUT2D eigenvalue weighted by Gasteiger charge is 2.26. The number of thiazole rings is 1. The van der Waals surface area contributed by atoms with E-state index in [0.29, 0.717) is 44.8 Å². The van der Waals surface area contributed by atoms with Crippen LogP contribution in [0.15, 0.2) is 47.4 Å². The second-order valence-corrected chi connectivity index (χ2v) is 12.0. The van der Waals surface area contributed by atoms with Crippen LogP contribution in [0.2, 0.25) is 0 Å². The molecule has 7 nitrogen and oxygen atoms in total. The predicted molar refractivity (Wildman–Crippen MR) is 143 cm³/mol. The van der Waals surface area contributed by atoms with Crippen molar-refractivity contribution in [2.24, 2.45) is 0 Å². The third-order valence-electron chi connectivity index (χ3n) is 6.44. The zero-order valence-corrected chi connectivity index (χ0v) is 22.5. The fourth-order valence-corrected chi connectivity index (χ4v) is 6.80. The largest absolute Gasteiger partial charge is 0.345 e. The van der Waals surface area contributed by atoms with E-state index in [9.17, 15) is 17.6 Å². The molecule has 0 spiro atoms. The Labute approximate surface area is 216 Å². The smallest absolute Gasteiger partial charge is 0.253 e. The molecule has 0 radical (unpaired) electrons. The molecule has 10 heteroatoms. The minimum absolute atomic E-state index is 0.112. The molecule has 1 aliphatic heterocycles. The van der Waals surface area contributed by atoms with Crippen molar-refractivity contribution in [3.8, 4) is 0 Å². The number of sulfonamides is 1. The van der Waals surface area contributed by atoms with Gasteiger partial charge in [0.05, 0.1) is 15.1 Å². The molecule has 0 saturated carbocycles. The first-order chi connectivity index (χ1) is 17.3. The highest BCUT2D eigenvalue weighted by Crippen LogP contribution is 2.30. The lowest BCUT2D eigenvalue weighted by atomic mass is 10.2. The van der Waals surface area contributed by atoms with Crippen molar-refractivity contribution in [1.29, 1.82) is 0 Å². The van der Waals surface area contributed by atoms with E-state index in [2.05, 4.69) is 9.88 Å². The van der Waals surface area contributed by atoms with Crippen molar-refractivity contribution >= 4 is 42.6 Å². The number of halogens is 1. The summed E-state index contributed by atoms with van der Waals surface area (Å²) in [7, 11) is -3.59. The molecule has 1 fully saturated rings. The molecule has 36 heavy (non-hydrogen) atoms. The first kappa shape index (κ1) is 26.5. The Balaban J connectivity index is 1.39. The van der Waals surface area contributed by atoms with E-state index in [1.807, 2.05) is 13.8 Å². The number of rotatable bonds is 10. The number of aromatic nitrogens is 1. The van der Waals surface area contributed by atoms with Crippen LogP contribution in [0.1, 0.15) is 49.9 Å². The standard InChI is InChI=1S/C26H33FN4O3S2/c1-3-5-13-31(14-6-4-2)36(33,34)22-10-7-20(8-11-22)25(32)29-15-17-30(18-16-29)26-28-23-12-9-21(27)19-24(23)35-26/h7-12,19H,3-6,13-18H2,1-2H3. The van der Waals surface area contributed by atoms with Gasteiger partial charge in [-0.25, -0.2) is 17.8 Å². The highest BCUT2D eigenvalue weighted by molar-refractivity contribution is 7.89. The van der Waals surface area contributed by atoms with Crippen LogP contribution in [-0.4, -0.2) is 67.8 Å². The lowest BCUT2D eigenvalue weighted by molar-refractivity contribution is 0.0746. The van der Waals surface area contributed by atoms with E-state index in [1.54, 1.807) is 39.5 Å². The first-order valence-corrected chi connectivity index (χ1v) is 14.8. The van der Waals surface area contributed by atoms with Crippen molar-refractivity contribution < 1.29 is 17.6 Å². The van der Waals surface area contributed by atoms with E-state index >= 15 is 0 Å². The molecule has 0 aliphatic carbocycles. The fourth-order valence-electron chi connectivity index (χ4n) is 4.24. The lowest BCUT2D eigenvalue weighted by Crippen LogP contribution is -2.48. The van der Waals surface area contributed by atoms with Gasteiger partial charge in [0.25, 0.3) is 5.91 Å². The quantitative estimate of drug-likeness (QED) is 0.368. The summed E-state index contributed by atoms with van der Waals surface area (Å²) in [5.74, 6) is -0.389. The topological polar surface area (TPSA) is 73.8 Å². The molecule has 1 aromatic heterocycles. The number of amides is 1. The van der Waals surface area contributed by atoms with Gasteiger partial charge in [-0.2, -0.15) is 4.31 Å². The summed E-state index contributed by atoms with van der Waals surface area (Å²) in [6.07, 6.45) is 3.49. The molecule has 0 atom stereocenters. The first-order valence-electron chi connectivity index (χ1n) is 12.5. The van der Waals surface area contributed by atoms with Crippen LogP contribution >= 0.6 is 11.3 Å². The zero-order chi connectivity index (χ0) is 25.7. The van der Waals surface area contributed by atoms with Gasteiger partial charge in [0.15, 0.2) is 5.13 Å². The van der Waals surface area contributed by atoms with Crippen LogP contribution in [0.4, 0.5) is 9.52 Å². The summed E-state index contributed by atoms with van der Waals surface area (Å²) in [6, 6.07) is 10.9. The molecule has 0 bridgehead atoms. The maximum Gasteiger partial charge on any atom is 0.253 e. The number of hydrogen-bond acceptors (Lipinski definition) is 6. The second kappa shape index (κ2) is 11.7. The monoisotopic (exact) mass is 532 g/mol. The van der Waals surface area contributed by atoms with E-state index in [4.69, 9.17) is 0 Å². The van der Waals surface area contributed by atoms with E-state index < -0.39 is 10.0 Å². The van der Waals surface area contributed by atoms with Gasteiger partial charge in [-0.3, -0.25) is 4.79 Å². The Bertz CT molecular complexity index is 1280. The SMILES string of the molecule is CCCCN(CCCC)S(=O)(=O)c1ccc(C(=O)N2CCN(c3nc4ccc(F)cc4s3)CC2)cc1. The van der Waals surface area contributed by atoms with Crippen molar-refractivity contribution in [2.45, 2.75) is 44.4 Å². The highest BCUT2D eigenvalue weighted by atomic mass is 32.2. The number of anilines is 1. The molecule has 2 heterocycles. The Morgan fingerprint density at radius 2 is 1.64 bits per heavy atom. The molecule has 0 N–H and O–H groups in total. The Morgan fingerprint density at radius 3 is 2.25 bits per heavy atom. The van der Waals surface area contributed by atoms with Crippen molar-refractivity contribution in [3.63, 3.8) is 0 Å². The predicted octanol–water partition coefficient (Wildman–Crippen LogP) is 4.99. The number of fused-ring (bicyclic) bond motifs is 1. The molecular weight excluding hydrogens is 499 g/mol. The minimum atomic E-state index is -3.59. The molecule has 1 saturated heterocycles. The van der Waals surface area contributed by atoms with Crippen molar-refractivity contribution in [2.75, 3.05) is 44.2 Å². The van der Waals surface area contributed by atoms with Gasteiger partial charge in [-0.1, -0.05) is 38.0 Å². The van der Waals surface area contributed by atoms with Gasteiger partial charge < -0.3 is 9.80 Å². The van der Waals surface area contributed by atoms with Crippen LogP contribution in [0.5, 0.6) is 0 Å². The normalized spacial score (nSPS) is 14.7. The lowest BCUT2D eigenvalue weighted by Gasteiger charge is -2.34. The number of piperazine rings is 1.